The Kier molecular flexibility index (Phi) is 5.56. The number of primary amides is 1. The molecule has 2 heterocycles. The van der Waals surface area contributed by atoms with Crippen LogP contribution >= 0.6 is 23.1 Å². The smallest absolute Gasteiger partial charge is 0.261 e. The summed E-state index contributed by atoms with van der Waals surface area (Å²) in [5.41, 5.74) is 11.8. The summed E-state index contributed by atoms with van der Waals surface area (Å²) in [5, 5.41) is 4.35. The second-order valence-corrected chi connectivity index (χ2v) is 6.74. The molecule has 1 aliphatic rings. The summed E-state index contributed by atoms with van der Waals surface area (Å²) < 4.78 is 0. The maximum atomic E-state index is 11.3. The normalized spacial score (nSPS) is 16.2. The number of thiophene rings is 1. The predicted molar refractivity (Wildman–Crippen MR) is 87.8 cm³/mol. The molecule has 1 saturated heterocycles. The SMILES string of the molecule is CSc1c(NCCN2CCCCC2)sc(C(N)=O)c1N. The summed E-state index contributed by atoms with van der Waals surface area (Å²) in [6.45, 7) is 4.27. The van der Waals surface area contributed by atoms with Crippen molar-refractivity contribution >= 4 is 39.7 Å². The van der Waals surface area contributed by atoms with E-state index in [-0.39, 0.29) is 0 Å². The first kappa shape index (κ1) is 15.5. The lowest BCUT2D eigenvalue weighted by Crippen LogP contribution is -2.33. The van der Waals surface area contributed by atoms with Crippen LogP contribution in [0.5, 0.6) is 0 Å². The minimum atomic E-state index is -0.452. The van der Waals surface area contributed by atoms with Crippen molar-refractivity contribution in [2.24, 2.45) is 5.73 Å². The van der Waals surface area contributed by atoms with Crippen LogP contribution in [0.1, 0.15) is 28.9 Å². The molecule has 1 amide bonds. The van der Waals surface area contributed by atoms with Gasteiger partial charge in [-0.15, -0.1) is 23.1 Å². The van der Waals surface area contributed by atoms with E-state index in [2.05, 4.69) is 10.2 Å². The molecule has 1 aromatic rings. The molecule has 0 saturated carbocycles. The number of thioether (sulfide) groups is 1. The molecule has 5 nitrogen and oxygen atoms in total. The number of carbonyl (C=O) groups excluding carboxylic acids is 1. The van der Waals surface area contributed by atoms with Gasteiger partial charge in [0.15, 0.2) is 0 Å². The van der Waals surface area contributed by atoms with Gasteiger partial charge in [0.25, 0.3) is 5.91 Å². The lowest BCUT2D eigenvalue weighted by molar-refractivity contribution is 0.100. The standard InChI is InChI=1S/C13H22N4OS2/c1-19-11-9(14)10(12(15)18)20-13(11)16-5-8-17-6-3-2-4-7-17/h16H,2-8,14H2,1H3,(H2,15,18). The molecule has 0 atom stereocenters. The zero-order valence-electron chi connectivity index (χ0n) is 11.8. The molecule has 0 bridgehead atoms. The molecule has 0 aromatic carbocycles. The van der Waals surface area contributed by atoms with Gasteiger partial charge in [-0.05, 0) is 32.2 Å². The van der Waals surface area contributed by atoms with Crippen molar-refractivity contribution in [3.8, 4) is 0 Å². The van der Waals surface area contributed by atoms with Gasteiger partial charge in [0.05, 0.1) is 10.6 Å². The highest BCUT2D eigenvalue weighted by atomic mass is 32.2. The van der Waals surface area contributed by atoms with E-state index >= 15 is 0 Å². The molecule has 0 unspecified atom stereocenters. The molecule has 1 aromatic heterocycles. The number of rotatable bonds is 6. The Hall–Kier alpha value is -0.920. The Morgan fingerprint density at radius 1 is 1.40 bits per heavy atom. The largest absolute Gasteiger partial charge is 0.396 e. The van der Waals surface area contributed by atoms with Crippen LogP contribution in [0, 0.1) is 0 Å². The molecule has 5 N–H and O–H groups in total. The van der Waals surface area contributed by atoms with Gasteiger partial charge >= 0.3 is 0 Å². The highest BCUT2D eigenvalue weighted by molar-refractivity contribution is 7.99. The fourth-order valence-corrected chi connectivity index (χ4v) is 4.35. The van der Waals surface area contributed by atoms with Crippen molar-refractivity contribution in [3.05, 3.63) is 4.88 Å². The molecule has 112 valence electrons. The number of nitrogens with zero attached hydrogens (tertiary/aromatic N) is 1. The van der Waals surface area contributed by atoms with Crippen molar-refractivity contribution in [1.82, 2.24) is 4.90 Å². The lowest BCUT2D eigenvalue weighted by Gasteiger charge is -2.26. The number of nitrogens with one attached hydrogen (secondary N) is 1. The van der Waals surface area contributed by atoms with Crippen molar-refractivity contribution in [1.29, 1.82) is 0 Å². The Labute approximate surface area is 128 Å². The number of likely N-dealkylation sites (tertiary alicyclic amines) is 1. The molecule has 1 aliphatic heterocycles. The third-order valence-corrected chi connectivity index (χ3v) is 5.63. The summed E-state index contributed by atoms with van der Waals surface area (Å²) in [6, 6.07) is 0. The Morgan fingerprint density at radius 2 is 2.10 bits per heavy atom. The zero-order valence-corrected chi connectivity index (χ0v) is 13.4. The van der Waals surface area contributed by atoms with Crippen LogP contribution in [0.15, 0.2) is 4.90 Å². The van der Waals surface area contributed by atoms with Crippen molar-refractivity contribution in [2.45, 2.75) is 24.2 Å². The summed E-state index contributed by atoms with van der Waals surface area (Å²) in [7, 11) is 0. The van der Waals surface area contributed by atoms with Gasteiger partial charge in [0.1, 0.15) is 9.88 Å². The van der Waals surface area contributed by atoms with Crippen LogP contribution in [0.3, 0.4) is 0 Å². The average molecular weight is 314 g/mol. The number of amides is 1. The second-order valence-electron chi connectivity index (χ2n) is 4.90. The van der Waals surface area contributed by atoms with Crippen LogP contribution in [0.4, 0.5) is 10.7 Å². The van der Waals surface area contributed by atoms with E-state index in [1.165, 1.54) is 43.7 Å². The summed E-state index contributed by atoms with van der Waals surface area (Å²) in [4.78, 5) is 15.2. The van der Waals surface area contributed by atoms with Crippen LogP contribution < -0.4 is 16.8 Å². The maximum absolute atomic E-state index is 11.3. The molecule has 20 heavy (non-hydrogen) atoms. The highest BCUT2D eigenvalue weighted by Crippen LogP contribution is 2.41. The zero-order chi connectivity index (χ0) is 14.5. The van der Waals surface area contributed by atoms with Gasteiger partial charge < -0.3 is 21.7 Å². The van der Waals surface area contributed by atoms with Crippen molar-refractivity contribution in [2.75, 3.05) is 43.5 Å². The molecule has 2 rings (SSSR count). The minimum Gasteiger partial charge on any atom is -0.396 e. The number of nitrogens with two attached hydrogens (primary N) is 2. The van der Waals surface area contributed by atoms with E-state index in [4.69, 9.17) is 11.5 Å². The first-order valence-corrected chi connectivity index (χ1v) is 8.90. The first-order valence-electron chi connectivity index (χ1n) is 6.85. The molecular formula is C13H22N4OS2. The fourth-order valence-electron chi connectivity index (χ4n) is 2.44. The molecule has 7 heteroatoms. The second kappa shape index (κ2) is 7.19. The van der Waals surface area contributed by atoms with E-state index in [1.54, 1.807) is 11.8 Å². The van der Waals surface area contributed by atoms with E-state index in [0.717, 1.165) is 23.0 Å². The molecular weight excluding hydrogens is 292 g/mol. The number of hydrogen-bond donors (Lipinski definition) is 3. The van der Waals surface area contributed by atoms with Crippen molar-refractivity contribution < 1.29 is 4.79 Å². The predicted octanol–water partition coefficient (Wildman–Crippen LogP) is 2.05. The van der Waals surface area contributed by atoms with Crippen LogP contribution in [0.25, 0.3) is 0 Å². The monoisotopic (exact) mass is 314 g/mol. The van der Waals surface area contributed by atoms with Gasteiger partial charge in [-0.25, -0.2) is 0 Å². The Balaban J connectivity index is 1.94. The molecule has 1 fully saturated rings. The van der Waals surface area contributed by atoms with E-state index < -0.39 is 5.91 Å². The van der Waals surface area contributed by atoms with Gasteiger partial charge in [0.2, 0.25) is 0 Å². The quantitative estimate of drug-likeness (QED) is 0.700. The Morgan fingerprint density at radius 3 is 2.70 bits per heavy atom. The van der Waals surface area contributed by atoms with E-state index in [1.807, 2.05) is 6.26 Å². The van der Waals surface area contributed by atoms with Crippen molar-refractivity contribution in [3.63, 3.8) is 0 Å². The molecule has 0 radical (unpaired) electrons. The van der Waals surface area contributed by atoms with E-state index in [0.29, 0.717) is 10.6 Å². The highest BCUT2D eigenvalue weighted by Gasteiger charge is 2.18. The average Bonchev–Trinajstić information content (AvgIpc) is 2.76. The number of carbonyl (C=O) groups is 1. The maximum Gasteiger partial charge on any atom is 0.261 e. The summed E-state index contributed by atoms with van der Waals surface area (Å²) in [6.07, 6.45) is 5.91. The van der Waals surface area contributed by atoms with Gasteiger partial charge in [0, 0.05) is 13.1 Å². The van der Waals surface area contributed by atoms with Crippen LogP contribution in [-0.4, -0.2) is 43.2 Å². The minimum absolute atomic E-state index is 0.452. The number of hydrogen-bond acceptors (Lipinski definition) is 6. The fraction of sp³-hybridized carbons (Fsp3) is 0.615. The molecule has 0 aliphatic carbocycles. The van der Waals surface area contributed by atoms with Crippen LogP contribution in [-0.2, 0) is 0 Å². The third kappa shape index (κ3) is 3.59. The van der Waals surface area contributed by atoms with Crippen LogP contribution in [0.2, 0.25) is 0 Å². The summed E-state index contributed by atoms with van der Waals surface area (Å²) >= 11 is 2.90. The summed E-state index contributed by atoms with van der Waals surface area (Å²) in [5.74, 6) is -0.452. The van der Waals surface area contributed by atoms with Gasteiger partial charge in [-0.1, -0.05) is 6.42 Å². The van der Waals surface area contributed by atoms with Gasteiger partial charge in [-0.3, -0.25) is 4.79 Å². The molecule has 0 spiro atoms. The van der Waals surface area contributed by atoms with E-state index in [9.17, 15) is 4.79 Å². The topological polar surface area (TPSA) is 84.4 Å². The lowest BCUT2D eigenvalue weighted by atomic mass is 10.1. The Bertz CT molecular complexity index is 469. The number of nitrogen functional groups attached to an aromatic ring is 1. The number of piperidine rings is 1. The number of anilines is 2. The first-order chi connectivity index (χ1) is 9.63. The van der Waals surface area contributed by atoms with Gasteiger partial charge in [-0.2, -0.15) is 0 Å². The third-order valence-electron chi connectivity index (χ3n) is 3.49.